The summed E-state index contributed by atoms with van der Waals surface area (Å²) in [6.07, 6.45) is 0. The molecule has 2 heteroatoms. The van der Waals surface area contributed by atoms with Crippen LogP contribution in [0.1, 0.15) is 25.3 Å². The fraction of sp³-hybridized carbons (Fsp3) is 0.0508. The summed E-state index contributed by atoms with van der Waals surface area (Å²) < 4.78 is 2.40. The molecule has 0 unspecified atom stereocenters. The Hall–Kier alpha value is -7.68. The van der Waals surface area contributed by atoms with Crippen LogP contribution >= 0.6 is 0 Å². The summed E-state index contributed by atoms with van der Waals surface area (Å²) in [5.74, 6) is 0.449. The number of aromatic nitrogens is 1. The van der Waals surface area contributed by atoms with E-state index in [0.29, 0.717) is 5.92 Å². The van der Waals surface area contributed by atoms with Crippen LogP contribution in [-0.4, -0.2) is 4.57 Å². The van der Waals surface area contributed by atoms with Gasteiger partial charge in [0.1, 0.15) is 0 Å². The van der Waals surface area contributed by atoms with Gasteiger partial charge in [0.05, 0.1) is 11.0 Å². The van der Waals surface area contributed by atoms with Crippen molar-refractivity contribution in [2.75, 3.05) is 4.90 Å². The molecular weight excluding hydrogens is 737 g/mol. The summed E-state index contributed by atoms with van der Waals surface area (Å²) in [6, 6.07) is 82.0. The van der Waals surface area contributed by atoms with Crippen LogP contribution in [0.15, 0.2) is 224 Å². The Kier molecular flexibility index (Phi) is 9.05. The first-order valence-corrected chi connectivity index (χ1v) is 21.3. The Bertz CT molecular complexity index is 3290. The summed E-state index contributed by atoms with van der Waals surface area (Å²) in [6.45, 7) is 4.54. The van der Waals surface area contributed by atoms with Crippen molar-refractivity contribution in [2.24, 2.45) is 0 Å². The minimum Gasteiger partial charge on any atom is -0.311 e. The number of benzene rings is 10. The lowest BCUT2D eigenvalue weighted by molar-refractivity contribution is 0.868. The summed E-state index contributed by atoms with van der Waals surface area (Å²) in [5.41, 5.74) is 15.7. The van der Waals surface area contributed by atoms with Gasteiger partial charge in [0.2, 0.25) is 0 Å². The van der Waals surface area contributed by atoms with E-state index in [1.807, 2.05) is 0 Å². The largest absolute Gasteiger partial charge is 0.311 e. The SMILES string of the molecule is CC(C)c1ccc2c(c1)c1cc(-c3ccc(N(c4ccccc4)c4ccc(-c5c6ccccc6c(-c6ccccc6)c6ccccc56)cc4)cc3)ccc1n2-c1ccccc1. The highest BCUT2D eigenvalue weighted by Gasteiger charge is 2.19. The van der Waals surface area contributed by atoms with Crippen LogP contribution in [0.4, 0.5) is 17.1 Å². The third-order valence-corrected chi connectivity index (χ3v) is 12.4. The van der Waals surface area contributed by atoms with Crippen LogP contribution < -0.4 is 4.90 Å². The van der Waals surface area contributed by atoms with E-state index in [-0.39, 0.29) is 0 Å². The van der Waals surface area contributed by atoms with Crippen molar-refractivity contribution in [1.82, 2.24) is 4.57 Å². The highest BCUT2D eigenvalue weighted by molar-refractivity contribution is 6.21. The van der Waals surface area contributed by atoms with Crippen molar-refractivity contribution in [3.05, 3.63) is 230 Å². The maximum atomic E-state index is 2.40. The number of para-hydroxylation sites is 2. The lowest BCUT2D eigenvalue weighted by Gasteiger charge is -2.26. The average molecular weight is 781 g/mol. The zero-order valence-electron chi connectivity index (χ0n) is 34.3. The Morgan fingerprint density at radius 2 is 0.738 bits per heavy atom. The second kappa shape index (κ2) is 15.2. The predicted molar refractivity (Wildman–Crippen MR) is 261 cm³/mol. The van der Waals surface area contributed by atoms with Gasteiger partial charge in [0, 0.05) is 33.5 Å². The molecule has 11 rings (SSSR count). The quantitative estimate of drug-likeness (QED) is 0.139. The molecule has 11 aromatic rings. The minimum atomic E-state index is 0.449. The number of anilines is 3. The molecule has 0 aliphatic heterocycles. The number of nitrogens with zero attached hydrogens (tertiary/aromatic N) is 2. The molecule has 0 atom stereocenters. The van der Waals surface area contributed by atoms with Crippen LogP contribution in [0, 0.1) is 0 Å². The normalized spacial score (nSPS) is 11.6. The lowest BCUT2D eigenvalue weighted by atomic mass is 9.86. The second-order valence-corrected chi connectivity index (χ2v) is 16.3. The van der Waals surface area contributed by atoms with E-state index in [0.717, 1.165) is 17.1 Å². The fourth-order valence-corrected chi connectivity index (χ4v) is 9.39. The third kappa shape index (κ3) is 6.36. The fourth-order valence-electron chi connectivity index (χ4n) is 9.39. The van der Waals surface area contributed by atoms with Crippen LogP contribution in [0.5, 0.6) is 0 Å². The zero-order valence-corrected chi connectivity index (χ0v) is 34.3. The Morgan fingerprint density at radius 3 is 1.28 bits per heavy atom. The van der Waals surface area contributed by atoms with E-state index < -0.39 is 0 Å². The van der Waals surface area contributed by atoms with Crippen molar-refractivity contribution in [2.45, 2.75) is 19.8 Å². The van der Waals surface area contributed by atoms with Gasteiger partial charge in [-0.25, -0.2) is 0 Å². The van der Waals surface area contributed by atoms with Gasteiger partial charge in [-0.2, -0.15) is 0 Å². The monoisotopic (exact) mass is 780 g/mol. The standard InChI is InChI=1S/C59H44N2/c1-40(2)44-30-36-56-54(38-44)55-39-45(31-37-57(55)61(56)47-20-10-5-11-21-47)41-26-32-48(33-27-41)60(46-18-8-4-9-19-46)49-34-28-43(29-35-49)59-52-24-14-12-22-50(52)58(42-16-6-3-7-17-42)51-23-13-15-25-53(51)59/h3-40H,1-2H3. The topological polar surface area (TPSA) is 8.17 Å². The molecule has 0 saturated heterocycles. The number of rotatable bonds is 8. The van der Waals surface area contributed by atoms with E-state index >= 15 is 0 Å². The van der Waals surface area contributed by atoms with E-state index in [1.54, 1.807) is 0 Å². The van der Waals surface area contributed by atoms with Gasteiger partial charge in [-0.1, -0.05) is 166 Å². The van der Waals surface area contributed by atoms with E-state index in [9.17, 15) is 0 Å². The van der Waals surface area contributed by atoms with E-state index in [1.165, 1.54) is 88.0 Å². The molecule has 2 nitrogen and oxygen atoms in total. The van der Waals surface area contributed by atoms with E-state index in [2.05, 4.69) is 248 Å². The van der Waals surface area contributed by atoms with Gasteiger partial charge < -0.3 is 9.47 Å². The molecule has 10 aromatic carbocycles. The molecule has 0 N–H and O–H groups in total. The summed E-state index contributed by atoms with van der Waals surface area (Å²) in [7, 11) is 0. The van der Waals surface area contributed by atoms with Crippen LogP contribution in [0.2, 0.25) is 0 Å². The first kappa shape index (κ1) is 36.4. The highest BCUT2D eigenvalue weighted by Crippen LogP contribution is 2.45. The number of hydrogen-bond donors (Lipinski definition) is 0. The molecule has 0 fully saturated rings. The van der Waals surface area contributed by atoms with Crippen LogP contribution in [-0.2, 0) is 0 Å². The van der Waals surface area contributed by atoms with Gasteiger partial charge in [0.15, 0.2) is 0 Å². The molecule has 1 aromatic heterocycles. The van der Waals surface area contributed by atoms with Crippen molar-refractivity contribution < 1.29 is 0 Å². The molecule has 0 bridgehead atoms. The number of fused-ring (bicyclic) bond motifs is 5. The molecule has 0 aliphatic carbocycles. The van der Waals surface area contributed by atoms with Crippen molar-refractivity contribution in [3.8, 4) is 39.1 Å². The molecule has 0 saturated carbocycles. The second-order valence-electron chi connectivity index (χ2n) is 16.3. The Morgan fingerprint density at radius 1 is 0.328 bits per heavy atom. The highest BCUT2D eigenvalue weighted by atomic mass is 15.1. The maximum Gasteiger partial charge on any atom is 0.0541 e. The third-order valence-electron chi connectivity index (χ3n) is 12.4. The molecule has 0 radical (unpaired) electrons. The summed E-state index contributed by atoms with van der Waals surface area (Å²) in [5, 5.41) is 7.59. The predicted octanol–water partition coefficient (Wildman–Crippen LogP) is 16.7. The molecule has 0 spiro atoms. The molecule has 61 heavy (non-hydrogen) atoms. The smallest absolute Gasteiger partial charge is 0.0541 e. The summed E-state index contributed by atoms with van der Waals surface area (Å²) in [4.78, 5) is 2.35. The first-order valence-electron chi connectivity index (χ1n) is 21.3. The maximum absolute atomic E-state index is 2.40. The lowest BCUT2D eigenvalue weighted by Crippen LogP contribution is -2.09. The van der Waals surface area contributed by atoms with Crippen LogP contribution in [0.3, 0.4) is 0 Å². The Balaban J connectivity index is 0.992. The van der Waals surface area contributed by atoms with Gasteiger partial charge in [-0.05, 0) is 139 Å². The minimum absolute atomic E-state index is 0.449. The Labute approximate surface area is 357 Å². The van der Waals surface area contributed by atoms with Crippen LogP contribution in [0.25, 0.3) is 82.4 Å². The van der Waals surface area contributed by atoms with Crippen molar-refractivity contribution in [1.29, 1.82) is 0 Å². The molecule has 0 aliphatic rings. The van der Waals surface area contributed by atoms with Gasteiger partial charge in [0.25, 0.3) is 0 Å². The zero-order chi connectivity index (χ0) is 40.9. The van der Waals surface area contributed by atoms with Gasteiger partial charge in [-0.15, -0.1) is 0 Å². The molecule has 290 valence electrons. The van der Waals surface area contributed by atoms with Gasteiger partial charge >= 0.3 is 0 Å². The molecule has 1 heterocycles. The summed E-state index contributed by atoms with van der Waals surface area (Å²) >= 11 is 0. The first-order chi connectivity index (χ1) is 30.1. The number of hydrogen-bond acceptors (Lipinski definition) is 1. The molecular formula is C59H44N2. The van der Waals surface area contributed by atoms with Crippen molar-refractivity contribution in [3.63, 3.8) is 0 Å². The average Bonchev–Trinajstić information content (AvgIpc) is 3.65. The van der Waals surface area contributed by atoms with Crippen molar-refractivity contribution >= 4 is 60.4 Å². The van der Waals surface area contributed by atoms with E-state index in [4.69, 9.17) is 0 Å². The van der Waals surface area contributed by atoms with Gasteiger partial charge in [-0.3, -0.25) is 0 Å². The molecule has 0 amide bonds.